The number of rotatable bonds is 7. The van der Waals surface area contributed by atoms with E-state index in [0.29, 0.717) is 45.0 Å². The molecule has 0 radical (unpaired) electrons. The molecule has 0 spiro atoms. The van der Waals surface area contributed by atoms with Crippen LogP contribution in [0.3, 0.4) is 0 Å². The number of aliphatic hydroxyl groups excluding tert-OH is 1. The highest BCUT2D eigenvalue weighted by Crippen LogP contribution is 2.30. The van der Waals surface area contributed by atoms with Crippen LogP contribution in [0.4, 0.5) is 11.5 Å². The van der Waals surface area contributed by atoms with Gasteiger partial charge in [-0.15, -0.1) is 0 Å². The minimum atomic E-state index is -0.718. The Hall–Kier alpha value is -5.18. The van der Waals surface area contributed by atoms with E-state index in [1.807, 2.05) is 26.1 Å². The Morgan fingerprint density at radius 2 is 1.80 bits per heavy atom. The Kier molecular flexibility index (Phi) is 8.25. The molecule has 0 atom stereocenters. The van der Waals surface area contributed by atoms with Gasteiger partial charge < -0.3 is 15.3 Å². The van der Waals surface area contributed by atoms with Crippen LogP contribution < -0.4 is 16.4 Å². The fraction of sp³-hybridized carbons (Fsp3) is 0.314. The van der Waals surface area contributed by atoms with Crippen molar-refractivity contribution in [3.8, 4) is 23.0 Å². The van der Waals surface area contributed by atoms with Crippen LogP contribution >= 0.6 is 0 Å². The summed E-state index contributed by atoms with van der Waals surface area (Å²) < 4.78 is 2.49. The molecule has 234 valence electrons. The average molecular weight is 617 g/mol. The van der Waals surface area contributed by atoms with Crippen molar-refractivity contribution in [2.45, 2.75) is 44.6 Å². The minimum absolute atomic E-state index is 0.276. The van der Waals surface area contributed by atoms with E-state index in [4.69, 9.17) is 0 Å². The minimum Gasteiger partial charge on any atom is -0.392 e. The molecule has 2 aromatic carbocycles. The normalized spacial score (nSPS) is 14.3. The SMILES string of the molecule is CN1CCC(c2ccc(Nc3cc(-c4cccc(-n5ncc6cc(C(C)(C)C#N)ccc6c5=O)c4CO)nn(C)c3=O)nc2)CC1. The molecular weight excluding hydrogens is 580 g/mol. The quantitative estimate of drug-likeness (QED) is 0.272. The molecule has 6 rings (SSSR count). The van der Waals surface area contributed by atoms with Gasteiger partial charge in [0.05, 0.1) is 41.1 Å². The summed E-state index contributed by atoms with van der Waals surface area (Å²) in [6.07, 6.45) is 5.64. The molecule has 3 aromatic heterocycles. The lowest BCUT2D eigenvalue weighted by Crippen LogP contribution is -2.29. The van der Waals surface area contributed by atoms with Crippen LogP contribution in [0, 0.1) is 11.3 Å². The fourth-order valence-electron chi connectivity index (χ4n) is 5.99. The number of hydrogen-bond donors (Lipinski definition) is 2. The summed E-state index contributed by atoms with van der Waals surface area (Å²) in [4.78, 5) is 33.7. The van der Waals surface area contributed by atoms with E-state index in [-0.39, 0.29) is 16.8 Å². The van der Waals surface area contributed by atoms with Gasteiger partial charge in [-0.1, -0.05) is 24.3 Å². The molecule has 11 nitrogen and oxygen atoms in total. The van der Waals surface area contributed by atoms with Gasteiger partial charge in [-0.05, 0) is 94.2 Å². The van der Waals surface area contributed by atoms with Gasteiger partial charge in [-0.3, -0.25) is 9.59 Å². The van der Waals surface area contributed by atoms with Gasteiger partial charge in [0.25, 0.3) is 11.1 Å². The molecular formula is C35H36N8O3. The van der Waals surface area contributed by atoms with Crippen LogP contribution in [0.1, 0.15) is 49.3 Å². The highest BCUT2D eigenvalue weighted by molar-refractivity contribution is 5.82. The maximum absolute atomic E-state index is 13.6. The van der Waals surface area contributed by atoms with E-state index < -0.39 is 12.0 Å². The highest BCUT2D eigenvalue weighted by Gasteiger charge is 2.22. The number of likely N-dealkylation sites (tertiary alicyclic amines) is 1. The third-order valence-corrected chi connectivity index (χ3v) is 8.90. The Labute approximate surface area is 266 Å². The maximum Gasteiger partial charge on any atom is 0.290 e. The zero-order chi connectivity index (χ0) is 32.6. The Balaban J connectivity index is 1.35. The van der Waals surface area contributed by atoms with Crippen molar-refractivity contribution in [3.63, 3.8) is 0 Å². The van der Waals surface area contributed by atoms with E-state index in [9.17, 15) is 20.0 Å². The second-order valence-electron chi connectivity index (χ2n) is 12.4. The molecule has 4 heterocycles. The predicted octanol–water partition coefficient (Wildman–Crippen LogP) is 4.39. The Morgan fingerprint density at radius 1 is 1.02 bits per heavy atom. The molecule has 0 bridgehead atoms. The lowest BCUT2D eigenvalue weighted by molar-refractivity contribution is 0.255. The number of pyridine rings is 1. The number of nitrogens with one attached hydrogen (secondary N) is 1. The molecule has 0 aliphatic carbocycles. The zero-order valence-electron chi connectivity index (χ0n) is 26.4. The van der Waals surface area contributed by atoms with Crippen LogP contribution in [0.5, 0.6) is 0 Å². The summed E-state index contributed by atoms with van der Waals surface area (Å²) in [5.41, 5.74) is 2.63. The van der Waals surface area contributed by atoms with E-state index >= 15 is 0 Å². The van der Waals surface area contributed by atoms with Gasteiger partial charge in [0.2, 0.25) is 0 Å². The van der Waals surface area contributed by atoms with Crippen molar-refractivity contribution in [1.82, 2.24) is 29.4 Å². The van der Waals surface area contributed by atoms with Crippen molar-refractivity contribution >= 4 is 22.3 Å². The number of aliphatic hydroxyl groups is 1. The van der Waals surface area contributed by atoms with Crippen molar-refractivity contribution in [2.24, 2.45) is 7.05 Å². The molecule has 46 heavy (non-hydrogen) atoms. The molecule has 1 saturated heterocycles. The molecule has 5 aromatic rings. The van der Waals surface area contributed by atoms with Crippen molar-refractivity contribution in [3.05, 3.63) is 104 Å². The molecule has 0 amide bonds. The van der Waals surface area contributed by atoms with Crippen molar-refractivity contribution in [1.29, 1.82) is 5.26 Å². The first-order valence-corrected chi connectivity index (χ1v) is 15.3. The maximum atomic E-state index is 13.6. The molecule has 1 aliphatic heterocycles. The first-order chi connectivity index (χ1) is 22.1. The average Bonchev–Trinajstić information content (AvgIpc) is 3.07. The number of benzene rings is 2. The third kappa shape index (κ3) is 5.80. The summed E-state index contributed by atoms with van der Waals surface area (Å²) in [6.45, 7) is 5.36. The van der Waals surface area contributed by atoms with Crippen molar-refractivity contribution < 1.29 is 5.11 Å². The number of hydrogen-bond acceptors (Lipinski definition) is 9. The topological polar surface area (TPSA) is 142 Å². The molecule has 1 aliphatic rings. The standard InChI is InChI=1S/C35H36N8O3/c1-35(2,21-36)25-9-10-26-24(16-25)19-38-43(33(26)45)31-7-5-6-27(28(31)20-44)29-17-30(34(46)42(4)40-29)39-32-11-8-23(18-37-32)22-12-14-41(3)15-13-22/h5-11,16-19,22,44H,12-15,20H2,1-4H3,(H,37,39). The molecule has 1 fully saturated rings. The van der Waals surface area contributed by atoms with E-state index in [1.54, 1.807) is 55.7 Å². The number of aryl methyl sites for hydroxylation is 1. The van der Waals surface area contributed by atoms with E-state index in [1.165, 1.54) is 14.9 Å². The summed E-state index contributed by atoms with van der Waals surface area (Å²) >= 11 is 0. The lowest BCUT2D eigenvalue weighted by atomic mass is 9.85. The number of aromatic nitrogens is 5. The fourth-order valence-corrected chi connectivity index (χ4v) is 5.99. The van der Waals surface area contributed by atoms with Crippen LogP contribution in [-0.4, -0.2) is 54.7 Å². The van der Waals surface area contributed by atoms with Gasteiger partial charge in [-0.25, -0.2) is 9.67 Å². The number of nitriles is 1. The summed E-state index contributed by atoms with van der Waals surface area (Å²) in [5, 5.41) is 33.2. The molecule has 2 N–H and O–H groups in total. The number of piperidine rings is 1. The summed E-state index contributed by atoms with van der Waals surface area (Å²) in [7, 11) is 3.70. The van der Waals surface area contributed by atoms with Crippen LogP contribution in [0.25, 0.3) is 27.7 Å². The smallest absolute Gasteiger partial charge is 0.290 e. The molecule has 11 heteroatoms. The summed E-state index contributed by atoms with van der Waals surface area (Å²) in [6, 6.07) is 18.4. The largest absolute Gasteiger partial charge is 0.392 e. The highest BCUT2D eigenvalue weighted by atomic mass is 16.3. The second-order valence-corrected chi connectivity index (χ2v) is 12.4. The predicted molar refractivity (Wildman–Crippen MR) is 177 cm³/mol. The Morgan fingerprint density at radius 3 is 2.50 bits per heavy atom. The van der Waals surface area contributed by atoms with Gasteiger partial charge >= 0.3 is 0 Å². The first-order valence-electron chi connectivity index (χ1n) is 15.3. The van der Waals surface area contributed by atoms with Gasteiger partial charge in [0.1, 0.15) is 11.5 Å². The zero-order valence-corrected chi connectivity index (χ0v) is 26.4. The van der Waals surface area contributed by atoms with Crippen molar-refractivity contribution in [2.75, 3.05) is 25.5 Å². The van der Waals surface area contributed by atoms with Gasteiger partial charge in [0.15, 0.2) is 0 Å². The van der Waals surface area contributed by atoms with Gasteiger partial charge in [-0.2, -0.15) is 20.1 Å². The van der Waals surface area contributed by atoms with E-state index in [2.05, 4.69) is 44.6 Å². The van der Waals surface area contributed by atoms with E-state index in [0.717, 1.165) is 31.5 Å². The lowest BCUT2D eigenvalue weighted by Gasteiger charge is -2.29. The van der Waals surface area contributed by atoms with Crippen LogP contribution in [0.2, 0.25) is 0 Å². The summed E-state index contributed by atoms with van der Waals surface area (Å²) in [5.74, 6) is 1.01. The Bertz CT molecular complexity index is 2090. The first kappa shape index (κ1) is 30.8. The van der Waals surface area contributed by atoms with Crippen LogP contribution in [0.15, 0.2) is 76.6 Å². The number of nitrogens with zero attached hydrogens (tertiary/aromatic N) is 7. The third-order valence-electron chi connectivity index (χ3n) is 8.90. The monoisotopic (exact) mass is 616 g/mol. The molecule has 0 saturated carbocycles. The second kappa shape index (κ2) is 12.3. The number of fused-ring (bicyclic) bond motifs is 1. The van der Waals surface area contributed by atoms with Gasteiger partial charge in [0, 0.05) is 29.8 Å². The van der Waals surface area contributed by atoms with Crippen LogP contribution in [-0.2, 0) is 19.1 Å². The molecule has 0 unspecified atom stereocenters. The number of anilines is 2.